The van der Waals surface area contributed by atoms with Gasteiger partial charge in [-0.25, -0.2) is 0 Å². The second-order valence-electron chi connectivity index (χ2n) is 4.51. The fourth-order valence-corrected chi connectivity index (χ4v) is 2.06. The van der Waals surface area contributed by atoms with Gasteiger partial charge in [-0.1, -0.05) is 26.2 Å². The van der Waals surface area contributed by atoms with Crippen LogP contribution in [-0.4, -0.2) is 25.9 Å². The van der Waals surface area contributed by atoms with Crippen molar-refractivity contribution in [1.29, 1.82) is 0 Å². The lowest BCUT2D eigenvalue weighted by Crippen LogP contribution is -2.29. The molecular formula is C15H24N2O2S. The average molecular weight is 296 g/mol. The predicted molar refractivity (Wildman–Crippen MR) is 87.9 cm³/mol. The van der Waals surface area contributed by atoms with Crippen LogP contribution >= 0.6 is 12.2 Å². The van der Waals surface area contributed by atoms with E-state index in [1.54, 1.807) is 14.2 Å². The number of rotatable bonds is 8. The van der Waals surface area contributed by atoms with Crippen LogP contribution < -0.4 is 20.1 Å². The Morgan fingerprint density at radius 1 is 1.10 bits per heavy atom. The smallest absolute Gasteiger partial charge is 0.170 e. The molecule has 0 amide bonds. The van der Waals surface area contributed by atoms with E-state index in [1.807, 2.05) is 18.2 Å². The number of hydrogen-bond acceptors (Lipinski definition) is 3. The standard InChI is InChI=1S/C15H24N2O2S/c1-4-5-6-7-10-16-15(20)17-12-8-9-13(18-2)14(11-12)19-3/h8-9,11H,4-7,10H2,1-3H3,(H2,16,17,20). The maximum Gasteiger partial charge on any atom is 0.170 e. The highest BCUT2D eigenvalue weighted by atomic mass is 32.1. The monoisotopic (exact) mass is 296 g/mol. The second-order valence-corrected chi connectivity index (χ2v) is 4.92. The zero-order chi connectivity index (χ0) is 14.8. The van der Waals surface area contributed by atoms with Crippen molar-refractivity contribution < 1.29 is 9.47 Å². The van der Waals surface area contributed by atoms with Crippen molar-refractivity contribution >= 4 is 23.0 Å². The summed E-state index contributed by atoms with van der Waals surface area (Å²) in [4.78, 5) is 0. The number of hydrogen-bond donors (Lipinski definition) is 2. The molecule has 0 saturated heterocycles. The Balaban J connectivity index is 2.41. The molecule has 1 rings (SSSR count). The molecule has 20 heavy (non-hydrogen) atoms. The minimum absolute atomic E-state index is 0.633. The van der Waals surface area contributed by atoms with E-state index in [9.17, 15) is 0 Å². The first-order chi connectivity index (χ1) is 9.71. The summed E-state index contributed by atoms with van der Waals surface area (Å²) in [7, 11) is 3.24. The third-order valence-corrected chi connectivity index (χ3v) is 3.20. The molecule has 0 bridgehead atoms. The van der Waals surface area contributed by atoms with Gasteiger partial charge in [0.25, 0.3) is 0 Å². The van der Waals surface area contributed by atoms with Gasteiger partial charge >= 0.3 is 0 Å². The van der Waals surface area contributed by atoms with Crippen LogP contribution in [0.25, 0.3) is 0 Å². The fraction of sp³-hybridized carbons (Fsp3) is 0.533. The van der Waals surface area contributed by atoms with E-state index in [2.05, 4.69) is 17.6 Å². The number of methoxy groups -OCH3 is 2. The summed E-state index contributed by atoms with van der Waals surface area (Å²) in [6.45, 7) is 3.11. The molecule has 0 saturated carbocycles. The largest absolute Gasteiger partial charge is 0.493 e. The second kappa shape index (κ2) is 9.42. The van der Waals surface area contributed by atoms with Crippen molar-refractivity contribution in [2.45, 2.75) is 32.6 Å². The summed E-state index contributed by atoms with van der Waals surface area (Å²) in [5.74, 6) is 1.39. The molecule has 5 heteroatoms. The van der Waals surface area contributed by atoms with Crippen molar-refractivity contribution in [2.24, 2.45) is 0 Å². The van der Waals surface area contributed by atoms with Crippen LogP contribution in [-0.2, 0) is 0 Å². The molecule has 0 aliphatic carbocycles. The molecule has 0 fully saturated rings. The molecule has 0 aromatic heterocycles. The van der Waals surface area contributed by atoms with Crippen LogP contribution in [0.5, 0.6) is 11.5 Å². The minimum atomic E-state index is 0.633. The molecule has 4 nitrogen and oxygen atoms in total. The highest BCUT2D eigenvalue weighted by Gasteiger charge is 2.05. The molecule has 0 atom stereocenters. The third-order valence-electron chi connectivity index (χ3n) is 2.96. The number of ether oxygens (including phenoxy) is 2. The van der Waals surface area contributed by atoms with Crippen molar-refractivity contribution in [2.75, 3.05) is 26.1 Å². The summed E-state index contributed by atoms with van der Waals surface area (Å²) < 4.78 is 10.5. The molecule has 112 valence electrons. The van der Waals surface area contributed by atoms with Gasteiger partial charge in [0, 0.05) is 18.3 Å². The van der Waals surface area contributed by atoms with Crippen molar-refractivity contribution in [3.05, 3.63) is 18.2 Å². The molecular weight excluding hydrogens is 272 g/mol. The molecule has 0 unspecified atom stereocenters. The van der Waals surface area contributed by atoms with E-state index in [4.69, 9.17) is 21.7 Å². The maximum atomic E-state index is 5.26. The molecule has 0 aliphatic heterocycles. The first-order valence-corrected chi connectivity index (χ1v) is 7.39. The first kappa shape index (κ1) is 16.6. The van der Waals surface area contributed by atoms with Gasteiger partial charge in [0.05, 0.1) is 14.2 Å². The van der Waals surface area contributed by atoms with E-state index < -0.39 is 0 Å². The summed E-state index contributed by atoms with van der Waals surface area (Å²) in [6, 6.07) is 5.63. The Morgan fingerprint density at radius 2 is 1.85 bits per heavy atom. The quantitative estimate of drug-likeness (QED) is 0.567. The summed E-state index contributed by atoms with van der Waals surface area (Å²) in [5, 5.41) is 6.98. The van der Waals surface area contributed by atoms with Crippen molar-refractivity contribution in [1.82, 2.24) is 5.32 Å². The van der Waals surface area contributed by atoms with Crippen LogP contribution in [0.15, 0.2) is 18.2 Å². The van der Waals surface area contributed by atoms with Crippen molar-refractivity contribution in [3.63, 3.8) is 0 Å². The van der Waals surface area contributed by atoms with Crippen LogP contribution in [0.4, 0.5) is 5.69 Å². The summed E-state index contributed by atoms with van der Waals surface area (Å²) in [5.41, 5.74) is 0.883. The van der Waals surface area contributed by atoms with Crippen LogP contribution in [0.2, 0.25) is 0 Å². The van der Waals surface area contributed by atoms with Gasteiger partial charge in [0.2, 0.25) is 0 Å². The normalized spacial score (nSPS) is 9.95. The summed E-state index contributed by atoms with van der Waals surface area (Å²) >= 11 is 5.26. The Morgan fingerprint density at radius 3 is 2.50 bits per heavy atom. The van der Waals surface area contributed by atoms with E-state index in [0.29, 0.717) is 16.6 Å². The molecule has 1 aromatic rings. The Hall–Kier alpha value is -1.49. The van der Waals surface area contributed by atoms with Gasteiger partial charge in [0.1, 0.15) is 0 Å². The zero-order valence-electron chi connectivity index (χ0n) is 12.5. The Kier molecular flexibility index (Phi) is 7.80. The Labute approximate surface area is 126 Å². The first-order valence-electron chi connectivity index (χ1n) is 6.98. The van der Waals surface area contributed by atoms with E-state index in [1.165, 1.54) is 19.3 Å². The molecule has 0 heterocycles. The number of unbranched alkanes of at least 4 members (excludes halogenated alkanes) is 3. The van der Waals surface area contributed by atoms with E-state index >= 15 is 0 Å². The molecule has 0 aliphatic rings. The van der Waals surface area contributed by atoms with Gasteiger partial charge < -0.3 is 20.1 Å². The van der Waals surface area contributed by atoms with Gasteiger partial charge in [-0.3, -0.25) is 0 Å². The van der Waals surface area contributed by atoms with Crippen LogP contribution in [0.3, 0.4) is 0 Å². The van der Waals surface area contributed by atoms with Gasteiger partial charge in [-0.05, 0) is 30.8 Å². The van der Waals surface area contributed by atoms with Gasteiger partial charge in [-0.15, -0.1) is 0 Å². The molecule has 2 N–H and O–H groups in total. The molecule has 1 aromatic carbocycles. The van der Waals surface area contributed by atoms with Crippen molar-refractivity contribution in [3.8, 4) is 11.5 Å². The van der Waals surface area contributed by atoms with E-state index in [-0.39, 0.29) is 0 Å². The molecule has 0 spiro atoms. The fourth-order valence-electron chi connectivity index (χ4n) is 1.84. The zero-order valence-corrected chi connectivity index (χ0v) is 13.3. The maximum absolute atomic E-state index is 5.26. The minimum Gasteiger partial charge on any atom is -0.493 e. The lowest BCUT2D eigenvalue weighted by Gasteiger charge is -2.13. The SMILES string of the molecule is CCCCCCNC(=S)Nc1ccc(OC)c(OC)c1. The van der Waals surface area contributed by atoms with Gasteiger partial charge in [-0.2, -0.15) is 0 Å². The van der Waals surface area contributed by atoms with Gasteiger partial charge in [0.15, 0.2) is 16.6 Å². The number of nitrogens with one attached hydrogen (secondary N) is 2. The topological polar surface area (TPSA) is 42.5 Å². The third kappa shape index (κ3) is 5.65. The highest BCUT2D eigenvalue weighted by molar-refractivity contribution is 7.80. The van der Waals surface area contributed by atoms with Crippen LogP contribution in [0.1, 0.15) is 32.6 Å². The average Bonchev–Trinajstić information content (AvgIpc) is 2.46. The highest BCUT2D eigenvalue weighted by Crippen LogP contribution is 2.29. The Bertz CT molecular complexity index is 424. The lowest BCUT2D eigenvalue weighted by atomic mass is 10.2. The predicted octanol–water partition coefficient (Wildman–Crippen LogP) is 3.57. The number of benzene rings is 1. The van der Waals surface area contributed by atoms with E-state index in [0.717, 1.165) is 18.7 Å². The number of anilines is 1. The molecule has 0 radical (unpaired) electrons. The number of thiocarbonyl (C=S) groups is 1. The van der Waals surface area contributed by atoms with Crippen LogP contribution in [0, 0.1) is 0 Å². The lowest BCUT2D eigenvalue weighted by molar-refractivity contribution is 0.355. The summed E-state index contributed by atoms with van der Waals surface area (Å²) in [6.07, 6.45) is 4.90.